The maximum Gasteiger partial charge on any atom is 0.176 e. The molecule has 1 fully saturated rings. The Balaban J connectivity index is 2.70. The van der Waals surface area contributed by atoms with Crippen molar-refractivity contribution in [3.05, 3.63) is 0 Å². The number of likely N-dealkylation sites (N-methyl/N-ethyl adjacent to an activating group) is 1. The van der Waals surface area contributed by atoms with Crippen LogP contribution < -0.4 is 5.73 Å². The smallest absolute Gasteiger partial charge is 0.176 e. The molecule has 1 rings (SSSR count). The van der Waals surface area contributed by atoms with Gasteiger partial charge in [-0.15, -0.1) is 0 Å². The van der Waals surface area contributed by atoms with Crippen molar-refractivity contribution in [3.8, 4) is 0 Å². The van der Waals surface area contributed by atoms with Gasteiger partial charge in [0.15, 0.2) is 6.29 Å². The average molecular weight is 244 g/mol. The van der Waals surface area contributed by atoms with E-state index < -0.39 is 0 Å². The second-order valence-electron chi connectivity index (χ2n) is 5.20. The van der Waals surface area contributed by atoms with Gasteiger partial charge in [0, 0.05) is 27.3 Å². The van der Waals surface area contributed by atoms with E-state index in [1.165, 1.54) is 19.3 Å². The van der Waals surface area contributed by atoms with Crippen LogP contribution in [0.15, 0.2) is 0 Å². The van der Waals surface area contributed by atoms with E-state index in [0.29, 0.717) is 6.54 Å². The van der Waals surface area contributed by atoms with Crippen LogP contribution in [0.5, 0.6) is 0 Å². The van der Waals surface area contributed by atoms with Gasteiger partial charge < -0.3 is 15.2 Å². The lowest BCUT2D eigenvalue weighted by atomic mass is 9.83. The number of methoxy groups -OCH3 is 2. The summed E-state index contributed by atoms with van der Waals surface area (Å²) in [6, 6.07) is 0. The van der Waals surface area contributed by atoms with E-state index in [9.17, 15) is 0 Å². The first-order valence-corrected chi connectivity index (χ1v) is 6.63. The maximum atomic E-state index is 5.97. The third kappa shape index (κ3) is 3.19. The van der Waals surface area contributed by atoms with Gasteiger partial charge in [-0.05, 0) is 32.2 Å². The van der Waals surface area contributed by atoms with E-state index >= 15 is 0 Å². The zero-order chi connectivity index (χ0) is 12.9. The fraction of sp³-hybridized carbons (Fsp3) is 1.00. The molecule has 0 bridgehead atoms. The fourth-order valence-electron chi connectivity index (χ4n) is 2.66. The van der Waals surface area contributed by atoms with Gasteiger partial charge in [-0.1, -0.05) is 13.3 Å². The minimum atomic E-state index is -0.271. The van der Waals surface area contributed by atoms with E-state index in [4.69, 9.17) is 15.2 Å². The second kappa shape index (κ2) is 6.69. The molecule has 0 aromatic heterocycles. The highest BCUT2D eigenvalue weighted by Crippen LogP contribution is 2.30. The molecular formula is C13H28N2O2. The van der Waals surface area contributed by atoms with Crippen molar-refractivity contribution in [2.75, 3.05) is 33.9 Å². The van der Waals surface area contributed by atoms with Gasteiger partial charge in [-0.2, -0.15) is 0 Å². The van der Waals surface area contributed by atoms with Gasteiger partial charge in [0.05, 0.1) is 5.54 Å². The number of nitrogens with two attached hydrogens (primary N) is 1. The van der Waals surface area contributed by atoms with Crippen LogP contribution >= 0.6 is 0 Å². The quantitative estimate of drug-likeness (QED) is 0.656. The van der Waals surface area contributed by atoms with Gasteiger partial charge in [-0.25, -0.2) is 0 Å². The molecule has 1 saturated carbocycles. The molecule has 17 heavy (non-hydrogen) atoms. The van der Waals surface area contributed by atoms with Crippen molar-refractivity contribution in [3.63, 3.8) is 0 Å². The Morgan fingerprint density at radius 3 is 2.24 bits per heavy atom. The Labute approximate surface area is 105 Å². The lowest BCUT2D eigenvalue weighted by Crippen LogP contribution is -2.61. The van der Waals surface area contributed by atoms with E-state index in [1.54, 1.807) is 14.2 Å². The fourth-order valence-corrected chi connectivity index (χ4v) is 2.66. The van der Waals surface area contributed by atoms with Gasteiger partial charge in [0.1, 0.15) is 0 Å². The number of rotatable bonds is 8. The first-order valence-electron chi connectivity index (χ1n) is 6.63. The molecule has 0 aromatic rings. The standard InChI is InChI=1S/C13H28N2O2/c1-5-15(9-11-7-6-8-11)13(2,10-14)12(16-3)17-4/h11-12H,5-10,14H2,1-4H3. The molecule has 4 heteroatoms. The summed E-state index contributed by atoms with van der Waals surface area (Å²) >= 11 is 0. The van der Waals surface area contributed by atoms with Gasteiger partial charge in [0.25, 0.3) is 0 Å². The van der Waals surface area contributed by atoms with Crippen LogP contribution in [0.3, 0.4) is 0 Å². The molecule has 0 aromatic carbocycles. The van der Waals surface area contributed by atoms with Crippen molar-refractivity contribution in [1.29, 1.82) is 0 Å². The van der Waals surface area contributed by atoms with Crippen molar-refractivity contribution in [2.45, 2.75) is 44.9 Å². The molecule has 0 saturated heterocycles. The van der Waals surface area contributed by atoms with Crippen molar-refractivity contribution >= 4 is 0 Å². The number of ether oxygens (including phenoxy) is 2. The molecule has 4 nitrogen and oxygen atoms in total. The van der Waals surface area contributed by atoms with Crippen LogP contribution in [0, 0.1) is 5.92 Å². The Bertz CT molecular complexity index is 217. The van der Waals surface area contributed by atoms with Crippen LogP contribution in [0.1, 0.15) is 33.1 Å². The Hall–Kier alpha value is -0.160. The lowest BCUT2D eigenvalue weighted by molar-refractivity contribution is -0.183. The normalized spacial score (nSPS) is 20.6. The van der Waals surface area contributed by atoms with E-state index in [-0.39, 0.29) is 11.8 Å². The predicted molar refractivity (Wildman–Crippen MR) is 69.9 cm³/mol. The molecule has 0 aliphatic heterocycles. The molecular weight excluding hydrogens is 216 g/mol. The highest BCUT2D eigenvalue weighted by atomic mass is 16.7. The van der Waals surface area contributed by atoms with Crippen molar-refractivity contribution in [1.82, 2.24) is 4.90 Å². The third-order valence-corrected chi connectivity index (χ3v) is 4.16. The number of hydrogen-bond acceptors (Lipinski definition) is 4. The lowest BCUT2D eigenvalue weighted by Gasteiger charge is -2.46. The Kier molecular flexibility index (Phi) is 5.86. The molecule has 1 atom stereocenters. The molecule has 0 amide bonds. The number of nitrogens with zero attached hydrogens (tertiary/aromatic N) is 1. The second-order valence-corrected chi connectivity index (χ2v) is 5.20. The van der Waals surface area contributed by atoms with Crippen LogP contribution in [-0.4, -0.2) is 50.6 Å². The molecule has 0 spiro atoms. The summed E-state index contributed by atoms with van der Waals surface area (Å²) in [6.07, 6.45) is 3.80. The highest BCUT2D eigenvalue weighted by molar-refractivity contribution is 4.92. The number of hydrogen-bond donors (Lipinski definition) is 1. The highest BCUT2D eigenvalue weighted by Gasteiger charge is 2.40. The first-order chi connectivity index (χ1) is 8.12. The summed E-state index contributed by atoms with van der Waals surface area (Å²) < 4.78 is 10.9. The molecule has 0 radical (unpaired) electrons. The van der Waals surface area contributed by atoms with E-state index in [1.807, 2.05) is 0 Å². The first kappa shape index (κ1) is 14.9. The average Bonchev–Trinajstić information content (AvgIpc) is 2.29. The van der Waals surface area contributed by atoms with Crippen LogP contribution in [-0.2, 0) is 9.47 Å². The summed E-state index contributed by atoms with van der Waals surface area (Å²) in [4.78, 5) is 2.41. The van der Waals surface area contributed by atoms with Gasteiger partial charge in [0.2, 0.25) is 0 Å². The molecule has 2 N–H and O–H groups in total. The van der Waals surface area contributed by atoms with E-state index in [0.717, 1.165) is 19.0 Å². The monoisotopic (exact) mass is 244 g/mol. The van der Waals surface area contributed by atoms with Crippen LogP contribution in [0.25, 0.3) is 0 Å². The third-order valence-electron chi connectivity index (χ3n) is 4.16. The minimum absolute atomic E-state index is 0.242. The van der Waals surface area contributed by atoms with Crippen LogP contribution in [0.2, 0.25) is 0 Å². The summed E-state index contributed by atoms with van der Waals surface area (Å²) in [5.74, 6) is 0.829. The summed E-state index contributed by atoms with van der Waals surface area (Å²) in [5.41, 5.74) is 5.73. The Morgan fingerprint density at radius 1 is 1.35 bits per heavy atom. The predicted octanol–water partition coefficient (Wildman–Crippen LogP) is 1.44. The van der Waals surface area contributed by atoms with E-state index in [2.05, 4.69) is 18.7 Å². The van der Waals surface area contributed by atoms with Crippen LogP contribution in [0.4, 0.5) is 0 Å². The SMILES string of the molecule is CCN(CC1CCC1)C(C)(CN)C(OC)OC. The van der Waals surface area contributed by atoms with Gasteiger partial charge >= 0.3 is 0 Å². The summed E-state index contributed by atoms with van der Waals surface area (Å²) in [7, 11) is 3.36. The van der Waals surface area contributed by atoms with Crippen molar-refractivity contribution < 1.29 is 9.47 Å². The van der Waals surface area contributed by atoms with Gasteiger partial charge in [-0.3, -0.25) is 4.90 Å². The zero-order valence-corrected chi connectivity index (χ0v) is 11.7. The Morgan fingerprint density at radius 2 is 1.94 bits per heavy atom. The molecule has 102 valence electrons. The molecule has 1 aliphatic carbocycles. The maximum absolute atomic E-state index is 5.97. The molecule has 1 aliphatic rings. The molecule has 0 heterocycles. The topological polar surface area (TPSA) is 47.7 Å². The zero-order valence-electron chi connectivity index (χ0n) is 11.7. The summed E-state index contributed by atoms with van der Waals surface area (Å²) in [5, 5.41) is 0. The largest absolute Gasteiger partial charge is 0.354 e. The molecule has 1 unspecified atom stereocenters. The van der Waals surface area contributed by atoms with Crippen molar-refractivity contribution in [2.24, 2.45) is 11.7 Å². The summed E-state index contributed by atoms with van der Waals surface area (Å²) in [6.45, 7) is 6.93. The minimum Gasteiger partial charge on any atom is -0.354 e.